The van der Waals surface area contributed by atoms with Crippen LogP contribution in [-0.4, -0.2) is 31.2 Å². The minimum Gasteiger partial charge on any atom is -0.375 e. The maximum absolute atomic E-state index is 11.0. The van der Waals surface area contributed by atoms with Gasteiger partial charge >= 0.3 is 0 Å². The summed E-state index contributed by atoms with van der Waals surface area (Å²) >= 11 is 0. The van der Waals surface area contributed by atoms with E-state index in [1.54, 1.807) is 0 Å². The third-order valence-corrected chi connectivity index (χ3v) is 1.74. The molecule has 4 N–H and O–H groups in total. The van der Waals surface area contributed by atoms with Gasteiger partial charge in [0.25, 0.3) is 5.91 Å². The lowest BCUT2D eigenvalue weighted by Crippen LogP contribution is -2.56. The fourth-order valence-corrected chi connectivity index (χ4v) is 1.12. The summed E-state index contributed by atoms with van der Waals surface area (Å²) < 4.78 is 5.23. The molecule has 1 amide bonds. The molecule has 2 atom stereocenters. The van der Waals surface area contributed by atoms with Crippen LogP contribution in [0, 0.1) is 0 Å². The van der Waals surface area contributed by atoms with Crippen LogP contribution in [0.25, 0.3) is 0 Å². The summed E-state index contributed by atoms with van der Waals surface area (Å²) in [5, 5.41) is 3.00. The number of ether oxygens (including phenoxy) is 1. The molecule has 1 heterocycles. The first kappa shape index (κ1) is 11.6. The number of halogens is 1. The molecule has 0 aliphatic carbocycles. The summed E-state index contributed by atoms with van der Waals surface area (Å²) in [5.41, 5.74) is 2.08. The molecular formula is C6H14ClN3O2. The number of nitrogens with one attached hydrogen (secondary N) is 2. The molecule has 0 aromatic rings. The number of carbonyl (C=O) groups is 1. The van der Waals surface area contributed by atoms with E-state index in [0.717, 1.165) is 0 Å². The number of morpholine rings is 1. The Morgan fingerprint density at radius 2 is 2.42 bits per heavy atom. The van der Waals surface area contributed by atoms with E-state index < -0.39 is 0 Å². The highest BCUT2D eigenvalue weighted by atomic mass is 35.5. The highest BCUT2D eigenvalue weighted by Crippen LogP contribution is 2.02. The van der Waals surface area contributed by atoms with Gasteiger partial charge in [0.2, 0.25) is 0 Å². The zero-order chi connectivity index (χ0) is 8.27. The Balaban J connectivity index is 0.00000121. The largest absolute Gasteiger partial charge is 0.375 e. The van der Waals surface area contributed by atoms with Gasteiger partial charge in [0, 0.05) is 6.54 Å². The summed E-state index contributed by atoms with van der Waals surface area (Å²) in [7, 11) is 0. The predicted molar refractivity (Wildman–Crippen MR) is 46.8 cm³/mol. The molecule has 1 saturated heterocycles. The van der Waals surface area contributed by atoms with Gasteiger partial charge in [-0.15, -0.1) is 12.4 Å². The van der Waals surface area contributed by atoms with Crippen LogP contribution in [0.1, 0.15) is 6.92 Å². The van der Waals surface area contributed by atoms with E-state index in [-0.39, 0.29) is 30.5 Å². The Kier molecular flexibility index (Phi) is 5.16. The number of hydrazine groups is 1. The second-order valence-corrected chi connectivity index (χ2v) is 2.52. The third kappa shape index (κ3) is 2.60. The van der Waals surface area contributed by atoms with Gasteiger partial charge in [-0.05, 0) is 6.92 Å². The van der Waals surface area contributed by atoms with Gasteiger partial charge in [-0.3, -0.25) is 10.2 Å². The van der Waals surface area contributed by atoms with Gasteiger partial charge in [0.1, 0.15) is 6.04 Å². The average Bonchev–Trinajstić information content (AvgIpc) is 2.04. The first-order valence-corrected chi connectivity index (χ1v) is 3.61. The Labute approximate surface area is 77.4 Å². The SMILES string of the molecule is C[C@H]1OCCN[C@@H]1C(=O)NN.Cl. The number of amides is 1. The van der Waals surface area contributed by atoms with Crippen molar-refractivity contribution >= 4 is 18.3 Å². The van der Waals surface area contributed by atoms with E-state index in [0.29, 0.717) is 13.2 Å². The second-order valence-electron chi connectivity index (χ2n) is 2.52. The van der Waals surface area contributed by atoms with Crippen molar-refractivity contribution in [2.45, 2.75) is 19.1 Å². The van der Waals surface area contributed by atoms with Crippen LogP contribution in [0.4, 0.5) is 0 Å². The van der Waals surface area contributed by atoms with Crippen molar-refractivity contribution in [3.63, 3.8) is 0 Å². The monoisotopic (exact) mass is 195 g/mol. The third-order valence-electron chi connectivity index (χ3n) is 1.74. The van der Waals surface area contributed by atoms with Gasteiger partial charge in [0.15, 0.2) is 0 Å². The van der Waals surface area contributed by atoms with Gasteiger partial charge in [-0.25, -0.2) is 5.84 Å². The van der Waals surface area contributed by atoms with Crippen molar-refractivity contribution in [2.75, 3.05) is 13.2 Å². The number of hydrogen-bond acceptors (Lipinski definition) is 4. The van der Waals surface area contributed by atoms with Crippen LogP contribution >= 0.6 is 12.4 Å². The van der Waals surface area contributed by atoms with E-state index >= 15 is 0 Å². The van der Waals surface area contributed by atoms with Crippen molar-refractivity contribution in [1.29, 1.82) is 0 Å². The summed E-state index contributed by atoms with van der Waals surface area (Å²) in [6.45, 7) is 3.18. The Morgan fingerprint density at radius 3 is 2.92 bits per heavy atom. The van der Waals surface area contributed by atoms with Gasteiger partial charge in [-0.1, -0.05) is 0 Å². The lowest BCUT2D eigenvalue weighted by Gasteiger charge is -2.28. The zero-order valence-corrected chi connectivity index (χ0v) is 7.69. The molecule has 1 rings (SSSR count). The normalized spacial score (nSPS) is 28.8. The van der Waals surface area contributed by atoms with Crippen molar-refractivity contribution in [1.82, 2.24) is 10.7 Å². The molecule has 0 aromatic carbocycles. The molecule has 0 saturated carbocycles. The second kappa shape index (κ2) is 5.31. The molecular weight excluding hydrogens is 182 g/mol. The van der Waals surface area contributed by atoms with Crippen LogP contribution in [0.2, 0.25) is 0 Å². The Bertz CT molecular complexity index is 156. The lowest BCUT2D eigenvalue weighted by atomic mass is 10.1. The standard InChI is InChI=1S/C6H13N3O2.ClH/c1-4-5(6(10)9-7)8-2-3-11-4;/h4-5,8H,2-3,7H2,1H3,(H,9,10);1H/t4-,5+;/m1./s1. The molecule has 0 unspecified atom stereocenters. The van der Waals surface area contributed by atoms with Crippen LogP contribution in [-0.2, 0) is 9.53 Å². The number of hydrogen-bond donors (Lipinski definition) is 3. The minimum atomic E-state index is -0.311. The van der Waals surface area contributed by atoms with Crippen LogP contribution < -0.4 is 16.6 Å². The number of carbonyl (C=O) groups excluding carboxylic acids is 1. The maximum atomic E-state index is 11.0. The fourth-order valence-electron chi connectivity index (χ4n) is 1.12. The highest BCUT2D eigenvalue weighted by Gasteiger charge is 2.27. The van der Waals surface area contributed by atoms with Crippen molar-refractivity contribution in [2.24, 2.45) is 5.84 Å². The molecule has 0 radical (unpaired) electrons. The van der Waals surface area contributed by atoms with E-state index in [9.17, 15) is 4.79 Å². The van der Waals surface area contributed by atoms with Gasteiger partial charge < -0.3 is 10.1 Å². The molecule has 1 aliphatic rings. The summed E-state index contributed by atoms with van der Waals surface area (Å²) in [5.74, 6) is 4.75. The first-order chi connectivity index (χ1) is 5.25. The smallest absolute Gasteiger partial charge is 0.253 e. The predicted octanol–water partition coefficient (Wildman–Crippen LogP) is -1.22. The summed E-state index contributed by atoms with van der Waals surface area (Å²) in [6, 6.07) is -0.311. The Morgan fingerprint density at radius 1 is 1.75 bits per heavy atom. The maximum Gasteiger partial charge on any atom is 0.253 e. The zero-order valence-electron chi connectivity index (χ0n) is 6.87. The van der Waals surface area contributed by atoms with Crippen molar-refractivity contribution in [3.05, 3.63) is 0 Å². The molecule has 0 bridgehead atoms. The fraction of sp³-hybridized carbons (Fsp3) is 0.833. The number of rotatable bonds is 1. The van der Waals surface area contributed by atoms with Gasteiger partial charge in [0.05, 0.1) is 12.7 Å². The van der Waals surface area contributed by atoms with Crippen LogP contribution in [0.3, 0.4) is 0 Å². The molecule has 12 heavy (non-hydrogen) atoms. The van der Waals surface area contributed by atoms with E-state index in [2.05, 4.69) is 10.7 Å². The van der Waals surface area contributed by atoms with Crippen LogP contribution in [0.5, 0.6) is 0 Å². The quantitative estimate of drug-likeness (QED) is 0.278. The molecule has 1 aliphatic heterocycles. The highest BCUT2D eigenvalue weighted by molar-refractivity contribution is 5.85. The average molecular weight is 196 g/mol. The summed E-state index contributed by atoms with van der Waals surface area (Å²) in [4.78, 5) is 11.0. The van der Waals surface area contributed by atoms with Crippen LogP contribution in [0.15, 0.2) is 0 Å². The topological polar surface area (TPSA) is 76.4 Å². The molecule has 1 fully saturated rings. The molecule has 0 aromatic heterocycles. The van der Waals surface area contributed by atoms with Gasteiger partial charge in [-0.2, -0.15) is 0 Å². The number of nitrogens with two attached hydrogens (primary N) is 1. The van der Waals surface area contributed by atoms with E-state index in [1.807, 2.05) is 6.92 Å². The molecule has 72 valence electrons. The first-order valence-electron chi connectivity index (χ1n) is 3.61. The molecule has 0 spiro atoms. The molecule has 5 nitrogen and oxygen atoms in total. The molecule has 6 heteroatoms. The van der Waals surface area contributed by atoms with Crippen molar-refractivity contribution < 1.29 is 9.53 Å². The minimum absolute atomic E-state index is 0. The van der Waals surface area contributed by atoms with E-state index in [4.69, 9.17) is 10.6 Å². The lowest BCUT2D eigenvalue weighted by molar-refractivity contribution is -0.128. The Hall–Kier alpha value is -0.360. The van der Waals surface area contributed by atoms with Crippen molar-refractivity contribution in [3.8, 4) is 0 Å². The summed E-state index contributed by atoms with van der Waals surface area (Å²) in [6.07, 6.45) is -0.104. The van der Waals surface area contributed by atoms with E-state index in [1.165, 1.54) is 0 Å².